The second-order valence-electron chi connectivity index (χ2n) is 10.1. The normalized spacial score (nSPS) is 26.9. The molecular weight excluding hydrogens is 501 g/mol. The summed E-state index contributed by atoms with van der Waals surface area (Å²) in [5.74, 6) is -1.43. The molecule has 1 aromatic rings. The molecule has 0 aromatic carbocycles. The summed E-state index contributed by atoms with van der Waals surface area (Å²) in [6, 6.07) is 4.96. The molecule has 1 spiro atoms. The van der Waals surface area contributed by atoms with Crippen molar-refractivity contribution in [2.75, 3.05) is 32.7 Å². The molecule has 1 aliphatic carbocycles. The van der Waals surface area contributed by atoms with E-state index in [1.54, 1.807) is 18.2 Å². The van der Waals surface area contributed by atoms with Crippen LogP contribution in [-0.2, 0) is 19.6 Å². The van der Waals surface area contributed by atoms with Gasteiger partial charge in [0.05, 0.1) is 5.92 Å². The number of likely N-dealkylation sites (tertiary alicyclic amines) is 1. The highest BCUT2D eigenvalue weighted by Gasteiger charge is 2.57. The number of nitrogens with zero attached hydrogens (tertiary/aromatic N) is 3. The maximum atomic E-state index is 12.9. The van der Waals surface area contributed by atoms with E-state index in [0.717, 1.165) is 25.6 Å². The van der Waals surface area contributed by atoms with Crippen LogP contribution < -0.4 is 5.32 Å². The van der Waals surface area contributed by atoms with Crippen molar-refractivity contribution < 1.29 is 36.3 Å². The Morgan fingerprint density at radius 1 is 1.17 bits per heavy atom. The number of pyridine rings is 1. The molecule has 2 N–H and O–H groups in total. The fraction of sp³-hybridized carbons (Fsp3) is 0.696. The fourth-order valence-electron chi connectivity index (χ4n) is 6.10. The zero-order chi connectivity index (χ0) is 26.1. The molecule has 0 unspecified atom stereocenters. The monoisotopic (exact) mass is 532 g/mol. The van der Waals surface area contributed by atoms with Crippen LogP contribution in [0.5, 0.6) is 0 Å². The van der Waals surface area contributed by atoms with E-state index >= 15 is 0 Å². The molecule has 1 amide bonds. The predicted molar refractivity (Wildman–Crippen MR) is 122 cm³/mol. The number of amides is 1. The largest absolute Gasteiger partial charge is 0.490 e. The van der Waals surface area contributed by atoms with Gasteiger partial charge >= 0.3 is 12.1 Å². The van der Waals surface area contributed by atoms with Crippen molar-refractivity contribution in [1.82, 2.24) is 19.5 Å². The lowest BCUT2D eigenvalue weighted by atomic mass is 9.76. The second-order valence-corrected chi connectivity index (χ2v) is 12.0. The third-order valence-electron chi connectivity index (χ3n) is 7.90. The Hall–Kier alpha value is -2.25. The van der Waals surface area contributed by atoms with Crippen molar-refractivity contribution in [3.63, 3.8) is 0 Å². The van der Waals surface area contributed by atoms with E-state index in [9.17, 15) is 26.4 Å². The van der Waals surface area contributed by atoms with Gasteiger partial charge in [0.15, 0.2) is 5.03 Å². The number of carboxylic acids is 1. The average molecular weight is 533 g/mol. The molecule has 36 heavy (non-hydrogen) atoms. The van der Waals surface area contributed by atoms with Crippen molar-refractivity contribution in [1.29, 1.82) is 0 Å². The smallest absolute Gasteiger partial charge is 0.475 e. The van der Waals surface area contributed by atoms with Crippen LogP contribution in [0, 0.1) is 17.8 Å². The van der Waals surface area contributed by atoms with Crippen LogP contribution >= 0.6 is 0 Å². The number of sulfonamides is 1. The molecule has 3 saturated heterocycles. The van der Waals surface area contributed by atoms with E-state index in [2.05, 4.69) is 15.2 Å². The zero-order valence-electron chi connectivity index (χ0n) is 19.8. The summed E-state index contributed by atoms with van der Waals surface area (Å²) in [6.45, 7) is 3.82. The second kappa shape index (κ2) is 10.3. The van der Waals surface area contributed by atoms with Crippen molar-refractivity contribution in [2.24, 2.45) is 17.8 Å². The van der Waals surface area contributed by atoms with Crippen LogP contribution in [0.25, 0.3) is 0 Å². The maximum Gasteiger partial charge on any atom is 0.490 e. The number of fused-ring (bicyclic) bond motifs is 2. The van der Waals surface area contributed by atoms with Gasteiger partial charge in [-0.1, -0.05) is 18.9 Å². The van der Waals surface area contributed by atoms with Gasteiger partial charge in [0.25, 0.3) is 10.0 Å². The number of hydrogen-bond donors (Lipinski definition) is 2. The molecule has 0 radical (unpaired) electrons. The number of alkyl halides is 3. The van der Waals surface area contributed by atoms with Crippen molar-refractivity contribution in [2.45, 2.75) is 55.3 Å². The SMILES string of the molecule is O=C(O)C(F)(F)F.O=C1NC2(CCN(S(=O)(=O)c3ccccn3)CC2)[C@H]2CN(CC3CCCC3)C[C@@H]12. The number of nitrogens with one attached hydrogen (secondary N) is 1. The van der Waals surface area contributed by atoms with E-state index in [-0.39, 0.29) is 22.4 Å². The quantitative estimate of drug-likeness (QED) is 0.610. The van der Waals surface area contributed by atoms with Crippen LogP contribution in [-0.4, -0.2) is 84.0 Å². The number of rotatable bonds is 4. The molecular formula is C23H31F3N4O5S. The number of aliphatic carboxylic acids is 1. The number of halogens is 3. The molecule has 0 bridgehead atoms. The minimum Gasteiger partial charge on any atom is -0.475 e. The van der Waals surface area contributed by atoms with E-state index in [1.165, 1.54) is 36.2 Å². The van der Waals surface area contributed by atoms with Crippen LogP contribution in [0.15, 0.2) is 29.4 Å². The molecule has 2 atom stereocenters. The van der Waals surface area contributed by atoms with Crippen molar-refractivity contribution >= 4 is 21.9 Å². The summed E-state index contributed by atoms with van der Waals surface area (Å²) in [5.41, 5.74) is -0.248. The Kier molecular flexibility index (Phi) is 7.63. The first kappa shape index (κ1) is 26.8. The lowest BCUT2D eigenvalue weighted by molar-refractivity contribution is -0.192. The molecule has 3 aliphatic heterocycles. The average Bonchev–Trinajstić information content (AvgIpc) is 3.55. The molecule has 200 valence electrons. The van der Waals surface area contributed by atoms with E-state index < -0.39 is 22.2 Å². The minimum atomic E-state index is -5.08. The number of aromatic nitrogens is 1. The van der Waals surface area contributed by atoms with Crippen LogP contribution in [0.4, 0.5) is 13.2 Å². The van der Waals surface area contributed by atoms with Gasteiger partial charge in [-0.15, -0.1) is 0 Å². The summed E-state index contributed by atoms with van der Waals surface area (Å²) < 4.78 is 59.1. The number of hydrogen-bond acceptors (Lipinski definition) is 6. The standard InChI is InChI=1S/C21H30N4O3S.C2HF3O2/c26-20-17-14-24(13-16-5-1-2-6-16)15-18(17)21(23-20)8-11-25(12-9-21)29(27,28)19-7-3-4-10-22-19;3-2(4,5)1(6)7/h3-4,7,10,16-18H,1-2,5-6,8-9,11-15H2,(H,23,26);(H,6,7)/t17-,18+;/m1./s1. The molecule has 4 fully saturated rings. The first-order valence-electron chi connectivity index (χ1n) is 12.2. The highest BCUT2D eigenvalue weighted by molar-refractivity contribution is 7.89. The number of piperidine rings is 1. The predicted octanol–water partition coefficient (Wildman–Crippen LogP) is 2.11. The first-order chi connectivity index (χ1) is 16.9. The molecule has 4 heterocycles. The molecule has 13 heteroatoms. The van der Waals surface area contributed by atoms with Crippen LogP contribution in [0.2, 0.25) is 0 Å². The zero-order valence-corrected chi connectivity index (χ0v) is 20.6. The lowest BCUT2D eigenvalue weighted by Crippen LogP contribution is -2.56. The highest BCUT2D eigenvalue weighted by Crippen LogP contribution is 2.45. The van der Waals surface area contributed by atoms with Gasteiger partial charge < -0.3 is 15.3 Å². The molecule has 9 nitrogen and oxygen atoms in total. The molecule has 5 rings (SSSR count). The summed E-state index contributed by atoms with van der Waals surface area (Å²) in [7, 11) is -3.57. The number of carbonyl (C=O) groups is 2. The Labute approximate surface area is 208 Å². The Morgan fingerprint density at radius 2 is 1.81 bits per heavy atom. The summed E-state index contributed by atoms with van der Waals surface area (Å²) >= 11 is 0. The van der Waals surface area contributed by atoms with Crippen molar-refractivity contribution in [3.05, 3.63) is 24.4 Å². The van der Waals surface area contributed by atoms with Gasteiger partial charge in [-0.2, -0.15) is 17.5 Å². The van der Waals surface area contributed by atoms with E-state index in [0.29, 0.717) is 31.8 Å². The highest BCUT2D eigenvalue weighted by atomic mass is 32.2. The summed E-state index contributed by atoms with van der Waals surface area (Å²) in [6.07, 6.45) is 3.13. The van der Waals surface area contributed by atoms with Gasteiger partial charge in [-0.05, 0) is 43.7 Å². The third kappa shape index (κ3) is 5.52. The minimum absolute atomic E-state index is 0.0651. The number of carbonyl (C=O) groups excluding carboxylic acids is 1. The van der Waals surface area contributed by atoms with Gasteiger partial charge in [-0.3, -0.25) is 4.79 Å². The number of carboxylic acid groups (broad SMARTS) is 1. The van der Waals surface area contributed by atoms with Gasteiger partial charge in [-0.25, -0.2) is 18.2 Å². The Bertz CT molecular complexity index is 1060. The van der Waals surface area contributed by atoms with Gasteiger partial charge in [0, 0.05) is 50.4 Å². The Balaban J connectivity index is 0.000000384. The summed E-state index contributed by atoms with van der Waals surface area (Å²) in [5, 5.41) is 10.5. The summed E-state index contributed by atoms with van der Waals surface area (Å²) in [4.78, 5) is 28.2. The van der Waals surface area contributed by atoms with Crippen LogP contribution in [0.3, 0.4) is 0 Å². The topological polar surface area (TPSA) is 120 Å². The maximum absolute atomic E-state index is 12.9. The molecule has 1 saturated carbocycles. The Morgan fingerprint density at radius 3 is 2.36 bits per heavy atom. The lowest BCUT2D eigenvalue weighted by Gasteiger charge is -2.42. The fourth-order valence-corrected chi connectivity index (χ4v) is 7.47. The third-order valence-corrected chi connectivity index (χ3v) is 9.72. The van der Waals surface area contributed by atoms with Gasteiger partial charge in [0.2, 0.25) is 5.91 Å². The van der Waals surface area contributed by atoms with E-state index in [4.69, 9.17) is 9.90 Å². The van der Waals surface area contributed by atoms with Crippen LogP contribution in [0.1, 0.15) is 38.5 Å². The molecule has 1 aromatic heterocycles. The first-order valence-corrected chi connectivity index (χ1v) is 13.6. The van der Waals surface area contributed by atoms with Crippen molar-refractivity contribution in [3.8, 4) is 0 Å². The van der Waals surface area contributed by atoms with E-state index in [1.807, 2.05) is 0 Å². The molecule has 4 aliphatic rings. The van der Waals surface area contributed by atoms with Gasteiger partial charge in [0.1, 0.15) is 0 Å².